The van der Waals surface area contributed by atoms with Crippen LogP contribution in [0.15, 0.2) is 23.3 Å². The first kappa shape index (κ1) is 13.2. The van der Waals surface area contributed by atoms with Gasteiger partial charge in [-0.2, -0.15) is 5.10 Å². The van der Waals surface area contributed by atoms with E-state index < -0.39 is 6.09 Å². The van der Waals surface area contributed by atoms with Crippen molar-refractivity contribution in [3.05, 3.63) is 34.9 Å². The summed E-state index contributed by atoms with van der Waals surface area (Å²) in [7, 11) is 0. The molecule has 0 atom stereocenters. The molecule has 0 saturated carbocycles. The Morgan fingerprint density at radius 1 is 1.35 bits per heavy atom. The van der Waals surface area contributed by atoms with Crippen LogP contribution in [0.2, 0.25) is 0 Å². The lowest BCUT2D eigenvalue weighted by molar-refractivity contribution is 0.152. The first-order chi connectivity index (χ1) is 8.04. The number of hydrogen-bond donors (Lipinski definition) is 1. The number of hydrazone groups is 1. The minimum atomic E-state index is -0.532. The number of benzene rings is 1. The number of hydrogen-bond acceptors (Lipinski definition) is 3. The van der Waals surface area contributed by atoms with Crippen molar-refractivity contribution in [3.8, 4) is 0 Å². The van der Waals surface area contributed by atoms with Gasteiger partial charge in [-0.1, -0.05) is 12.1 Å². The van der Waals surface area contributed by atoms with Gasteiger partial charge in [0.25, 0.3) is 0 Å². The van der Waals surface area contributed by atoms with E-state index in [1.165, 1.54) is 11.1 Å². The van der Waals surface area contributed by atoms with E-state index in [-0.39, 0.29) is 0 Å². The molecule has 0 bridgehead atoms. The van der Waals surface area contributed by atoms with E-state index in [1.54, 1.807) is 6.92 Å². The van der Waals surface area contributed by atoms with Crippen LogP contribution in [0.5, 0.6) is 0 Å². The number of nitrogens with one attached hydrogen (secondary N) is 1. The summed E-state index contributed by atoms with van der Waals surface area (Å²) in [6, 6.07) is 6.06. The standard InChI is InChI=1S/C13H18N2O2/c1-5-17-13(16)15-14-11(4)12-7-6-9(2)10(3)8-12/h6-8H,5H2,1-4H3,(H,15,16)/b14-11-. The molecule has 1 aromatic rings. The van der Waals surface area contributed by atoms with E-state index in [4.69, 9.17) is 4.74 Å². The molecule has 92 valence electrons. The summed E-state index contributed by atoms with van der Waals surface area (Å²) in [5.41, 5.74) is 6.52. The lowest BCUT2D eigenvalue weighted by Gasteiger charge is -2.05. The Kier molecular flexibility index (Phi) is 4.69. The summed E-state index contributed by atoms with van der Waals surface area (Å²) in [4.78, 5) is 11.1. The van der Waals surface area contributed by atoms with Crippen LogP contribution in [0.1, 0.15) is 30.5 Å². The molecule has 0 aromatic heterocycles. The van der Waals surface area contributed by atoms with Gasteiger partial charge in [0.1, 0.15) is 0 Å². The first-order valence-electron chi connectivity index (χ1n) is 5.59. The van der Waals surface area contributed by atoms with E-state index in [0.717, 1.165) is 11.3 Å². The SMILES string of the molecule is CCOC(=O)N/N=C(/C)c1ccc(C)c(C)c1. The van der Waals surface area contributed by atoms with Gasteiger partial charge in [0, 0.05) is 0 Å². The summed E-state index contributed by atoms with van der Waals surface area (Å²) in [6.45, 7) is 8.03. The largest absolute Gasteiger partial charge is 0.449 e. The number of rotatable bonds is 3. The average Bonchev–Trinajstić information content (AvgIpc) is 2.30. The van der Waals surface area contributed by atoms with Crippen molar-refractivity contribution < 1.29 is 9.53 Å². The van der Waals surface area contributed by atoms with Crippen molar-refractivity contribution >= 4 is 11.8 Å². The molecule has 4 heteroatoms. The van der Waals surface area contributed by atoms with Crippen LogP contribution in [0.4, 0.5) is 4.79 Å². The third-order valence-corrected chi connectivity index (χ3v) is 2.52. The van der Waals surface area contributed by atoms with Gasteiger partial charge in [-0.15, -0.1) is 0 Å². The second-order valence-corrected chi connectivity index (χ2v) is 3.83. The number of amides is 1. The van der Waals surface area contributed by atoms with Crippen LogP contribution in [0.3, 0.4) is 0 Å². The molecule has 0 heterocycles. The maximum absolute atomic E-state index is 11.1. The molecular weight excluding hydrogens is 216 g/mol. The zero-order chi connectivity index (χ0) is 12.8. The summed E-state index contributed by atoms with van der Waals surface area (Å²) in [5.74, 6) is 0. The van der Waals surface area contributed by atoms with Crippen LogP contribution in [-0.4, -0.2) is 18.4 Å². The minimum absolute atomic E-state index is 0.337. The zero-order valence-corrected chi connectivity index (χ0v) is 10.7. The Bertz CT molecular complexity index is 439. The number of carbonyl (C=O) groups excluding carboxylic acids is 1. The highest BCUT2D eigenvalue weighted by Crippen LogP contribution is 2.10. The fourth-order valence-corrected chi connectivity index (χ4v) is 1.32. The number of nitrogens with zero attached hydrogens (tertiary/aromatic N) is 1. The molecule has 0 spiro atoms. The smallest absolute Gasteiger partial charge is 0.427 e. The monoisotopic (exact) mass is 234 g/mol. The Morgan fingerprint density at radius 2 is 2.06 bits per heavy atom. The summed E-state index contributed by atoms with van der Waals surface area (Å²) >= 11 is 0. The van der Waals surface area contributed by atoms with E-state index in [0.29, 0.717) is 6.61 Å². The molecule has 0 fully saturated rings. The fraction of sp³-hybridized carbons (Fsp3) is 0.385. The maximum Gasteiger partial charge on any atom is 0.427 e. The van der Waals surface area contributed by atoms with Crippen LogP contribution in [0.25, 0.3) is 0 Å². The van der Waals surface area contributed by atoms with Crippen molar-refractivity contribution in [2.24, 2.45) is 5.10 Å². The molecule has 0 aliphatic carbocycles. The van der Waals surface area contributed by atoms with Crippen LogP contribution in [0, 0.1) is 13.8 Å². The van der Waals surface area contributed by atoms with Crippen molar-refractivity contribution in [2.75, 3.05) is 6.61 Å². The molecule has 1 N–H and O–H groups in total. The lowest BCUT2D eigenvalue weighted by Crippen LogP contribution is -2.20. The van der Waals surface area contributed by atoms with Gasteiger partial charge in [0.05, 0.1) is 12.3 Å². The Labute approximate surface area is 102 Å². The molecular formula is C13H18N2O2. The molecule has 0 unspecified atom stereocenters. The maximum atomic E-state index is 11.1. The summed E-state index contributed by atoms with van der Waals surface area (Å²) in [5, 5.41) is 3.98. The van der Waals surface area contributed by atoms with Crippen molar-refractivity contribution in [2.45, 2.75) is 27.7 Å². The second-order valence-electron chi connectivity index (χ2n) is 3.83. The zero-order valence-electron chi connectivity index (χ0n) is 10.7. The minimum Gasteiger partial charge on any atom is -0.449 e. The molecule has 17 heavy (non-hydrogen) atoms. The van der Waals surface area contributed by atoms with Crippen LogP contribution >= 0.6 is 0 Å². The average molecular weight is 234 g/mol. The molecule has 0 aliphatic rings. The molecule has 1 rings (SSSR count). The number of aryl methyl sites for hydroxylation is 2. The summed E-state index contributed by atoms with van der Waals surface area (Å²) < 4.78 is 4.71. The van der Waals surface area contributed by atoms with Crippen molar-refractivity contribution in [1.82, 2.24) is 5.43 Å². The molecule has 0 radical (unpaired) electrons. The highest BCUT2D eigenvalue weighted by Gasteiger charge is 2.02. The molecule has 0 saturated heterocycles. The highest BCUT2D eigenvalue weighted by molar-refractivity contribution is 5.99. The Hall–Kier alpha value is -1.84. The predicted molar refractivity (Wildman–Crippen MR) is 68.3 cm³/mol. The third-order valence-electron chi connectivity index (χ3n) is 2.52. The normalized spacial score (nSPS) is 11.2. The fourth-order valence-electron chi connectivity index (χ4n) is 1.32. The second kappa shape index (κ2) is 6.03. The van der Waals surface area contributed by atoms with Gasteiger partial charge in [-0.05, 0) is 50.5 Å². The van der Waals surface area contributed by atoms with E-state index in [1.807, 2.05) is 32.0 Å². The van der Waals surface area contributed by atoms with Gasteiger partial charge in [-0.3, -0.25) is 0 Å². The van der Waals surface area contributed by atoms with Gasteiger partial charge in [0.2, 0.25) is 0 Å². The molecule has 1 aromatic carbocycles. The number of ether oxygens (including phenoxy) is 1. The predicted octanol–water partition coefficient (Wildman–Crippen LogP) is 2.77. The third kappa shape index (κ3) is 3.90. The van der Waals surface area contributed by atoms with E-state index in [2.05, 4.69) is 17.5 Å². The Balaban J connectivity index is 2.74. The van der Waals surface area contributed by atoms with Gasteiger partial charge >= 0.3 is 6.09 Å². The van der Waals surface area contributed by atoms with Gasteiger partial charge in [0.15, 0.2) is 0 Å². The van der Waals surface area contributed by atoms with Crippen molar-refractivity contribution in [1.29, 1.82) is 0 Å². The first-order valence-corrected chi connectivity index (χ1v) is 5.59. The van der Waals surface area contributed by atoms with E-state index >= 15 is 0 Å². The molecule has 4 nitrogen and oxygen atoms in total. The topological polar surface area (TPSA) is 50.7 Å². The molecule has 1 amide bonds. The van der Waals surface area contributed by atoms with Gasteiger partial charge in [-0.25, -0.2) is 10.2 Å². The van der Waals surface area contributed by atoms with Crippen molar-refractivity contribution in [3.63, 3.8) is 0 Å². The van der Waals surface area contributed by atoms with Crippen LogP contribution in [-0.2, 0) is 4.74 Å². The van der Waals surface area contributed by atoms with Crippen LogP contribution < -0.4 is 5.43 Å². The summed E-state index contributed by atoms with van der Waals surface area (Å²) in [6.07, 6.45) is -0.532. The lowest BCUT2D eigenvalue weighted by atomic mass is 10.0. The Morgan fingerprint density at radius 3 is 2.65 bits per heavy atom. The van der Waals surface area contributed by atoms with E-state index in [9.17, 15) is 4.79 Å². The quantitative estimate of drug-likeness (QED) is 0.645. The number of carbonyl (C=O) groups is 1. The molecule has 0 aliphatic heterocycles. The highest BCUT2D eigenvalue weighted by atomic mass is 16.5. The van der Waals surface area contributed by atoms with Gasteiger partial charge < -0.3 is 4.74 Å².